The largest absolute Gasteiger partial charge is 0.455 e. The first kappa shape index (κ1) is 35.5. The zero-order chi connectivity index (χ0) is 41.0. The molecule has 0 amide bonds. The number of hydrogen-bond acceptors (Lipinski definition) is 4. The molecule has 0 saturated heterocycles. The second kappa shape index (κ2) is 14.7. The van der Waals surface area contributed by atoms with Crippen LogP contribution in [-0.2, 0) is 0 Å². The lowest BCUT2D eigenvalue weighted by Gasteiger charge is -2.11. The van der Waals surface area contributed by atoms with E-state index in [1.54, 1.807) is 0 Å². The van der Waals surface area contributed by atoms with Crippen molar-refractivity contribution in [1.29, 1.82) is 0 Å². The Balaban J connectivity index is 1.05. The summed E-state index contributed by atoms with van der Waals surface area (Å²) in [6.45, 7) is 0. The monoisotopic (exact) mass is 792 g/mol. The SMILES string of the molecule is c1ccc(-c2cccc(-c3nc(-c4cccc(-c5ccccc5)c4)nc(-c4cccc5c4oc4cc6c(cc45)c4ccccc4n6-c4cccc(-c5ccccc5)c4)n3)c2)cc1. The maximum Gasteiger partial charge on any atom is 0.167 e. The van der Waals surface area contributed by atoms with Crippen LogP contribution in [0.4, 0.5) is 0 Å². The van der Waals surface area contributed by atoms with Gasteiger partial charge in [-0.3, -0.25) is 0 Å². The summed E-state index contributed by atoms with van der Waals surface area (Å²) in [6.07, 6.45) is 0. The molecule has 0 unspecified atom stereocenters. The summed E-state index contributed by atoms with van der Waals surface area (Å²) >= 11 is 0. The van der Waals surface area contributed by atoms with Crippen molar-refractivity contribution in [3.8, 4) is 73.2 Å². The van der Waals surface area contributed by atoms with Crippen LogP contribution in [0.25, 0.3) is 117 Å². The minimum Gasteiger partial charge on any atom is -0.455 e. The second-order valence-corrected chi connectivity index (χ2v) is 15.6. The second-order valence-electron chi connectivity index (χ2n) is 15.6. The lowest BCUT2D eigenvalue weighted by atomic mass is 10.0. The molecule has 9 aromatic carbocycles. The summed E-state index contributed by atoms with van der Waals surface area (Å²) in [5.41, 5.74) is 14.2. The lowest BCUT2D eigenvalue weighted by molar-refractivity contribution is 0.670. The first-order chi connectivity index (χ1) is 30.7. The quantitative estimate of drug-likeness (QED) is 0.161. The highest BCUT2D eigenvalue weighted by molar-refractivity contribution is 6.18. The molecule has 0 aliphatic heterocycles. The Bertz CT molecular complexity index is 3530. The van der Waals surface area contributed by atoms with Crippen molar-refractivity contribution >= 4 is 43.7 Å². The standard InChI is InChI=1S/C57H36N4O/c1-4-16-37(17-5-1)40-22-12-25-43(32-40)55-58-56(44-26-13-23-41(33-44)38-18-6-2-7-19-38)60-57(59-55)48-30-15-29-47-50-35-49-46-28-10-11-31-51(46)61(52(49)36-53(50)62-54(47)48)45-27-14-24-42(34-45)39-20-8-3-9-21-39/h1-36H. The smallest absolute Gasteiger partial charge is 0.167 e. The molecule has 0 aliphatic carbocycles. The minimum atomic E-state index is 0.544. The Morgan fingerprint density at radius 1 is 0.306 bits per heavy atom. The maximum absolute atomic E-state index is 6.96. The van der Waals surface area contributed by atoms with Crippen LogP contribution in [-0.4, -0.2) is 19.5 Å². The molecule has 3 heterocycles. The van der Waals surface area contributed by atoms with Crippen molar-refractivity contribution in [3.05, 3.63) is 218 Å². The van der Waals surface area contributed by atoms with Gasteiger partial charge in [0.2, 0.25) is 0 Å². The normalized spacial score (nSPS) is 11.5. The number of furan rings is 1. The summed E-state index contributed by atoms with van der Waals surface area (Å²) < 4.78 is 9.31. The van der Waals surface area contributed by atoms with E-state index in [0.717, 1.165) is 88.6 Å². The van der Waals surface area contributed by atoms with Crippen LogP contribution in [0.3, 0.4) is 0 Å². The average Bonchev–Trinajstić information content (AvgIpc) is 3.89. The number of hydrogen-bond donors (Lipinski definition) is 0. The number of aromatic nitrogens is 4. The van der Waals surface area contributed by atoms with Crippen LogP contribution in [0.2, 0.25) is 0 Å². The average molecular weight is 793 g/mol. The molecule has 0 fully saturated rings. The molecule has 0 N–H and O–H groups in total. The maximum atomic E-state index is 6.96. The van der Waals surface area contributed by atoms with E-state index in [0.29, 0.717) is 17.5 Å². The van der Waals surface area contributed by atoms with Crippen LogP contribution >= 0.6 is 0 Å². The highest BCUT2D eigenvalue weighted by Crippen LogP contribution is 2.41. The van der Waals surface area contributed by atoms with Crippen LogP contribution in [0.1, 0.15) is 0 Å². The summed E-state index contributed by atoms with van der Waals surface area (Å²) in [5.74, 6) is 1.72. The number of nitrogens with zero attached hydrogens (tertiary/aromatic N) is 4. The lowest BCUT2D eigenvalue weighted by Crippen LogP contribution is -2.00. The zero-order valence-corrected chi connectivity index (χ0v) is 33.5. The van der Waals surface area contributed by atoms with E-state index in [2.05, 4.69) is 211 Å². The van der Waals surface area contributed by atoms with E-state index in [9.17, 15) is 0 Å². The van der Waals surface area contributed by atoms with E-state index in [1.807, 2.05) is 12.1 Å². The number of para-hydroxylation sites is 2. The first-order valence-electron chi connectivity index (χ1n) is 20.8. The van der Waals surface area contributed by atoms with Crippen molar-refractivity contribution in [2.24, 2.45) is 0 Å². The molecule has 5 heteroatoms. The zero-order valence-electron chi connectivity index (χ0n) is 33.5. The number of rotatable bonds is 7. The van der Waals surface area contributed by atoms with Gasteiger partial charge in [0, 0.05) is 44.4 Å². The van der Waals surface area contributed by atoms with Crippen LogP contribution in [0, 0.1) is 0 Å². The van der Waals surface area contributed by atoms with Gasteiger partial charge in [-0.15, -0.1) is 0 Å². The van der Waals surface area contributed by atoms with Gasteiger partial charge >= 0.3 is 0 Å². The third-order valence-electron chi connectivity index (χ3n) is 11.8. The summed E-state index contributed by atoms with van der Waals surface area (Å²) in [4.78, 5) is 15.6. The Morgan fingerprint density at radius 2 is 0.790 bits per heavy atom. The molecule has 0 aliphatic rings. The molecule has 5 nitrogen and oxygen atoms in total. The molecule has 0 spiro atoms. The van der Waals surface area contributed by atoms with E-state index >= 15 is 0 Å². The predicted molar refractivity (Wildman–Crippen MR) is 254 cm³/mol. The topological polar surface area (TPSA) is 56.7 Å². The van der Waals surface area contributed by atoms with Crippen molar-refractivity contribution in [1.82, 2.24) is 19.5 Å². The van der Waals surface area contributed by atoms with E-state index in [4.69, 9.17) is 19.4 Å². The summed E-state index contributed by atoms with van der Waals surface area (Å²) in [5, 5.41) is 4.38. The molecule has 0 atom stereocenters. The van der Waals surface area contributed by atoms with Gasteiger partial charge in [0.25, 0.3) is 0 Å². The molecule has 0 bridgehead atoms. The molecule has 62 heavy (non-hydrogen) atoms. The van der Waals surface area contributed by atoms with Gasteiger partial charge < -0.3 is 8.98 Å². The van der Waals surface area contributed by atoms with E-state index in [1.165, 1.54) is 10.9 Å². The Labute approximate surface area is 357 Å². The molecular formula is C57H36N4O. The van der Waals surface area contributed by atoms with E-state index < -0.39 is 0 Å². The minimum absolute atomic E-state index is 0.544. The Morgan fingerprint density at radius 3 is 1.42 bits per heavy atom. The van der Waals surface area contributed by atoms with Crippen molar-refractivity contribution in [3.63, 3.8) is 0 Å². The van der Waals surface area contributed by atoms with Crippen LogP contribution in [0.5, 0.6) is 0 Å². The fourth-order valence-electron chi connectivity index (χ4n) is 8.86. The molecule has 12 aromatic rings. The fourth-order valence-corrected chi connectivity index (χ4v) is 8.86. The highest BCUT2D eigenvalue weighted by Gasteiger charge is 2.21. The van der Waals surface area contributed by atoms with Gasteiger partial charge in [-0.1, -0.05) is 170 Å². The predicted octanol–water partition coefficient (Wildman–Crippen LogP) is 14.9. The first-order valence-corrected chi connectivity index (χ1v) is 20.8. The van der Waals surface area contributed by atoms with Gasteiger partial charge in [0.1, 0.15) is 11.2 Å². The third-order valence-corrected chi connectivity index (χ3v) is 11.8. The van der Waals surface area contributed by atoms with Gasteiger partial charge in [-0.2, -0.15) is 0 Å². The summed E-state index contributed by atoms with van der Waals surface area (Å²) in [7, 11) is 0. The van der Waals surface area contributed by atoms with Gasteiger partial charge in [-0.25, -0.2) is 15.0 Å². The molecule has 0 radical (unpaired) electrons. The molecule has 290 valence electrons. The van der Waals surface area contributed by atoms with Crippen molar-refractivity contribution in [2.75, 3.05) is 0 Å². The molecule has 0 saturated carbocycles. The molecule has 12 rings (SSSR count). The summed E-state index contributed by atoms with van der Waals surface area (Å²) in [6, 6.07) is 76.3. The molecule has 3 aromatic heterocycles. The van der Waals surface area contributed by atoms with Gasteiger partial charge in [-0.05, 0) is 75.8 Å². The number of fused-ring (bicyclic) bond motifs is 6. The Hall–Kier alpha value is -8.41. The van der Waals surface area contributed by atoms with E-state index in [-0.39, 0.29) is 0 Å². The van der Waals surface area contributed by atoms with Crippen molar-refractivity contribution < 1.29 is 4.42 Å². The van der Waals surface area contributed by atoms with Crippen LogP contribution in [0.15, 0.2) is 223 Å². The van der Waals surface area contributed by atoms with Gasteiger partial charge in [0.05, 0.1) is 16.6 Å². The van der Waals surface area contributed by atoms with Crippen molar-refractivity contribution in [2.45, 2.75) is 0 Å². The van der Waals surface area contributed by atoms with Crippen LogP contribution < -0.4 is 0 Å². The Kier molecular flexibility index (Phi) is 8.42. The highest BCUT2D eigenvalue weighted by atomic mass is 16.3. The number of benzene rings is 9. The third kappa shape index (κ3) is 6.14. The fraction of sp³-hybridized carbons (Fsp3) is 0. The van der Waals surface area contributed by atoms with Gasteiger partial charge in [0.15, 0.2) is 17.5 Å². The molecular weight excluding hydrogens is 757 g/mol.